The van der Waals surface area contributed by atoms with Crippen LogP contribution in [0.4, 0.5) is 0 Å². The van der Waals surface area contributed by atoms with E-state index < -0.39 is 32.5 Å². The molecule has 65 heavy (non-hydrogen) atoms. The first-order chi connectivity index (χ1) is 31.8. The van der Waals surface area contributed by atoms with E-state index in [1.165, 1.54) is 44.9 Å². The average Bonchev–Trinajstić information content (AvgIpc) is 3.30. The summed E-state index contributed by atoms with van der Waals surface area (Å²) in [5.74, 6) is -0.868. The predicted octanol–water partition coefficient (Wildman–Crippen LogP) is 15.5. The Hall–Kier alpha value is -3.33. The summed E-state index contributed by atoms with van der Waals surface area (Å²) in [6, 6.07) is 0. The summed E-state index contributed by atoms with van der Waals surface area (Å²) in [6.07, 6.45) is 66.9. The van der Waals surface area contributed by atoms with Crippen molar-refractivity contribution >= 4 is 19.8 Å². The molecule has 0 rings (SSSR count). The minimum Gasteiger partial charge on any atom is -0.462 e. The Labute approximate surface area is 397 Å². The van der Waals surface area contributed by atoms with Gasteiger partial charge in [0.25, 0.3) is 0 Å². The monoisotopic (exact) mass is 926 g/mol. The highest BCUT2D eigenvalue weighted by atomic mass is 31.2. The highest BCUT2D eigenvalue weighted by Gasteiger charge is 2.26. The second kappa shape index (κ2) is 50.1. The molecule has 0 aliphatic rings. The molecule has 0 fully saturated rings. The zero-order valence-electron chi connectivity index (χ0n) is 40.9. The molecule has 0 saturated heterocycles. The van der Waals surface area contributed by atoms with Crippen LogP contribution in [0.25, 0.3) is 0 Å². The van der Waals surface area contributed by atoms with Gasteiger partial charge in [-0.2, -0.15) is 0 Å². The molecule has 0 amide bonds. The molecule has 0 aromatic rings. The lowest BCUT2D eigenvalue weighted by atomic mass is 10.1. The zero-order valence-corrected chi connectivity index (χ0v) is 41.8. The van der Waals surface area contributed by atoms with Crippen LogP contribution in [0.2, 0.25) is 0 Å². The fourth-order valence-electron chi connectivity index (χ4n) is 6.41. The number of esters is 2. The summed E-state index contributed by atoms with van der Waals surface area (Å²) >= 11 is 0. The molecule has 370 valence electrons. The van der Waals surface area contributed by atoms with Crippen LogP contribution in [0.5, 0.6) is 0 Å². The van der Waals surface area contributed by atoms with Gasteiger partial charge in [-0.25, -0.2) is 4.57 Å². The Balaban J connectivity index is 4.15. The lowest BCUT2D eigenvalue weighted by Crippen LogP contribution is -2.29. The number of carbonyl (C=O) groups is 2. The average molecular weight is 926 g/mol. The number of phosphoric acid groups is 1. The summed E-state index contributed by atoms with van der Waals surface area (Å²) in [5.41, 5.74) is 5.36. The van der Waals surface area contributed by atoms with E-state index in [1.807, 2.05) is 0 Å². The number of hydrogen-bond acceptors (Lipinski definition) is 8. The third-order valence-corrected chi connectivity index (χ3v) is 11.1. The number of unbranched alkanes of at least 4 members (excludes halogenated alkanes) is 15. The molecule has 2 unspecified atom stereocenters. The van der Waals surface area contributed by atoms with Crippen molar-refractivity contribution < 1.29 is 37.6 Å². The highest BCUT2D eigenvalue weighted by Crippen LogP contribution is 2.43. The number of carbonyl (C=O) groups excluding carboxylic acids is 2. The van der Waals surface area contributed by atoms with E-state index in [0.29, 0.717) is 12.8 Å². The number of ether oxygens (including phenoxy) is 2. The molecule has 0 aromatic carbocycles. The molecule has 0 spiro atoms. The quantitative estimate of drug-likeness (QED) is 0.0265. The van der Waals surface area contributed by atoms with Crippen molar-refractivity contribution in [3.63, 3.8) is 0 Å². The molecule has 0 aliphatic carbocycles. The minimum absolute atomic E-state index is 0.0425. The summed E-state index contributed by atoms with van der Waals surface area (Å²) in [5, 5.41) is 0. The van der Waals surface area contributed by atoms with Crippen molar-refractivity contribution in [3.05, 3.63) is 109 Å². The third kappa shape index (κ3) is 49.9. The maximum Gasteiger partial charge on any atom is 0.472 e. The van der Waals surface area contributed by atoms with E-state index in [0.717, 1.165) is 109 Å². The van der Waals surface area contributed by atoms with Gasteiger partial charge in [0, 0.05) is 19.4 Å². The highest BCUT2D eigenvalue weighted by molar-refractivity contribution is 7.47. The van der Waals surface area contributed by atoms with Crippen LogP contribution in [0.15, 0.2) is 109 Å². The lowest BCUT2D eigenvalue weighted by Gasteiger charge is -2.19. The van der Waals surface area contributed by atoms with Crippen molar-refractivity contribution in [3.8, 4) is 0 Å². The first-order valence-corrected chi connectivity index (χ1v) is 26.9. The largest absolute Gasteiger partial charge is 0.472 e. The van der Waals surface area contributed by atoms with Crippen LogP contribution < -0.4 is 5.73 Å². The molecule has 0 heterocycles. The molecule has 0 aliphatic heterocycles. The SMILES string of the molecule is CC/C=C\C/C=C\C/C=C\C/C=C\C/C=C\C/C=C\C/C=C\CCCCCCCC(=O)OC(COC(=O)CCCCCCCCC/C=C\C/C=C\CCCCC)COP(=O)(O)OCCN. The van der Waals surface area contributed by atoms with Gasteiger partial charge in [-0.15, -0.1) is 0 Å². The normalized spacial score (nSPS) is 14.1. The van der Waals surface area contributed by atoms with Crippen LogP contribution in [-0.4, -0.2) is 49.3 Å². The maximum atomic E-state index is 12.7. The summed E-state index contributed by atoms with van der Waals surface area (Å²) in [4.78, 5) is 35.0. The number of hydrogen-bond donors (Lipinski definition) is 2. The Kier molecular flexibility index (Phi) is 47.5. The van der Waals surface area contributed by atoms with Crippen LogP contribution in [0, 0.1) is 0 Å². The number of allylic oxidation sites excluding steroid dienone is 18. The lowest BCUT2D eigenvalue weighted by molar-refractivity contribution is -0.161. The molecule has 0 bridgehead atoms. The Morgan fingerprint density at radius 2 is 0.846 bits per heavy atom. The van der Waals surface area contributed by atoms with Gasteiger partial charge in [0.05, 0.1) is 13.2 Å². The molecule has 3 N–H and O–H groups in total. The number of rotatable bonds is 46. The first-order valence-electron chi connectivity index (χ1n) is 25.4. The molecular formula is C55H92NO8P. The fourth-order valence-corrected chi connectivity index (χ4v) is 7.17. The Morgan fingerprint density at radius 1 is 0.477 bits per heavy atom. The third-order valence-electron chi connectivity index (χ3n) is 10.1. The maximum absolute atomic E-state index is 12.7. The van der Waals surface area contributed by atoms with Gasteiger partial charge in [-0.1, -0.05) is 187 Å². The molecule has 0 saturated carbocycles. The summed E-state index contributed by atoms with van der Waals surface area (Å²) in [6.45, 7) is 3.55. The second-order valence-electron chi connectivity index (χ2n) is 16.3. The van der Waals surface area contributed by atoms with Crippen molar-refractivity contribution in [1.82, 2.24) is 0 Å². The van der Waals surface area contributed by atoms with Crippen LogP contribution in [0.3, 0.4) is 0 Å². The molecule has 0 aromatic heterocycles. The predicted molar refractivity (Wildman–Crippen MR) is 275 cm³/mol. The molecule has 2 atom stereocenters. The van der Waals surface area contributed by atoms with E-state index in [9.17, 15) is 19.0 Å². The topological polar surface area (TPSA) is 134 Å². The van der Waals surface area contributed by atoms with Crippen LogP contribution >= 0.6 is 7.82 Å². The zero-order chi connectivity index (χ0) is 47.4. The van der Waals surface area contributed by atoms with E-state index in [-0.39, 0.29) is 32.6 Å². The standard InChI is InChI=1S/C55H92NO8P/c1-3-5-7-9-11-13-15-17-19-21-22-23-24-25-26-27-28-29-30-32-34-36-38-40-42-44-46-48-55(58)64-53(52-63-65(59,60)62-50-49-56)51-61-54(57)47-45-43-41-39-37-35-33-31-20-18-16-14-12-10-8-6-4-2/h5,7,11-14,17-20,22-23,25-26,28-29,32,34,53H,3-4,6,8-10,15-16,21,24,27,30-31,33,35-52,56H2,1-2H3,(H,59,60)/b7-5-,13-11-,14-12-,19-17-,20-18-,23-22-,26-25-,29-28-,34-32-. The van der Waals surface area contributed by atoms with Gasteiger partial charge in [-0.3, -0.25) is 18.6 Å². The van der Waals surface area contributed by atoms with Gasteiger partial charge in [-0.05, 0) is 103 Å². The minimum atomic E-state index is -4.40. The van der Waals surface area contributed by atoms with Crippen molar-refractivity contribution in [2.75, 3.05) is 26.4 Å². The van der Waals surface area contributed by atoms with Gasteiger partial charge >= 0.3 is 19.8 Å². The smallest absolute Gasteiger partial charge is 0.462 e. The van der Waals surface area contributed by atoms with Gasteiger partial charge in [0.2, 0.25) is 0 Å². The van der Waals surface area contributed by atoms with Crippen molar-refractivity contribution in [1.29, 1.82) is 0 Å². The molecule has 9 nitrogen and oxygen atoms in total. The Morgan fingerprint density at radius 3 is 1.26 bits per heavy atom. The summed E-state index contributed by atoms with van der Waals surface area (Å²) < 4.78 is 32.9. The van der Waals surface area contributed by atoms with Gasteiger partial charge in [0.1, 0.15) is 6.61 Å². The Bertz CT molecular complexity index is 1430. The van der Waals surface area contributed by atoms with Crippen LogP contribution in [-0.2, 0) is 32.7 Å². The van der Waals surface area contributed by atoms with Crippen molar-refractivity contribution in [2.24, 2.45) is 5.73 Å². The van der Waals surface area contributed by atoms with E-state index >= 15 is 0 Å². The summed E-state index contributed by atoms with van der Waals surface area (Å²) in [7, 11) is -4.40. The second-order valence-corrected chi connectivity index (χ2v) is 17.8. The van der Waals surface area contributed by atoms with Gasteiger partial charge < -0.3 is 20.1 Å². The van der Waals surface area contributed by atoms with E-state index in [2.05, 4.69) is 123 Å². The number of nitrogens with two attached hydrogens (primary N) is 1. The van der Waals surface area contributed by atoms with E-state index in [1.54, 1.807) is 0 Å². The van der Waals surface area contributed by atoms with Crippen LogP contribution in [0.1, 0.15) is 194 Å². The first kappa shape index (κ1) is 61.7. The van der Waals surface area contributed by atoms with Crippen molar-refractivity contribution in [2.45, 2.75) is 200 Å². The molecule has 0 radical (unpaired) electrons. The fraction of sp³-hybridized carbons (Fsp3) is 0.636. The number of phosphoric ester groups is 1. The molecule has 10 heteroatoms. The van der Waals surface area contributed by atoms with E-state index in [4.69, 9.17) is 24.3 Å². The molecular weight excluding hydrogens is 834 g/mol. The van der Waals surface area contributed by atoms with Gasteiger partial charge in [0.15, 0.2) is 6.10 Å².